The summed E-state index contributed by atoms with van der Waals surface area (Å²) in [6.45, 7) is 2.08. The SMILES string of the molecule is Cc1ccc(Cc2nnc3ccc(N)cn23)cc1. The zero-order valence-electron chi connectivity index (χ0n) is 10.2. The number of nitrogen functional groups attached to an aromatic ring is 1. The number of benzene rings is 1. The third kappa shape index (κ3) is 1.93. The van der Waals surface area contributed by atoms with Crippen molar-refractivity contribution in [3.8, 4) is 0 Å². The van der Waals surface area contributed by atoms with E-state index in [1.54, 1.807) is 0 Å². The Morgan fingerprint density at radius 1 is 1.06 bits per heavy atom. The van der Waals surface area contributed by atoms with E-state index in [0.29, 0.717) is 5.69 Å². The van der Waals surface area contributed by atoms with Crippen molar-refractivity contribution in [1.29, 1.82) is 0 Å². The van der Waals surface area contributed by atoms with Gasteiger partial charge in [-0.3, -0.25) is 4.40 Å². The number of pyridine rings is 1. The summed E-state index contributed by atoms with van der Waals surface area (Å²) in [4.78, 5) is 0. The fraction of sp³-hybridized carbons (Fsp3) is 0.143. The number of fused-ring (bicyclic) bond motifs is 1. The van der Waals surface area contributed by atoms with Gasteiger partial charge in [0, 0.05) is 18.3 Å². The van der Waals surface area contributed by atoms with Crippen molar-refractivity contribution in [1.82, 2.24) is 14.6 Å². The molecular formula is C14H14N4. The quantitative estimate of drug-likeness (QED) is 0.744. The summed E-state index contributed by atoms with van der Waals surface area (Å²) >= 11 is 0. The molecule has 0 atom stereocenters. The molecular weight excluding hydrogens is 224 g/mol. The minimum absolute atomic E-state index is 0.715. The highest BCUT2D eigenvalue weighted by atomic mass is 15.2. The smallest absolute Gasteiger partial charge is 0.160 e. The fourth-order valence-corrected chi connectivity index (χ4v) is 1.96. The topological polar surface area (TPSA) is 56.2 Å². The summed E-state index contributed by atoms with van der Waals surface area (Å²) in [5.41, 5.74) is 9.81. The van der Waals surface area contributed by atoms with Crippen molar-refractivity contribution < 1.29 is 0 Å². The number of nitrogens with two attached hydrogens (primary N) is 1. The van der Waals surface area contributed by atoms with Crippen molar-refractivity contribution in [3.63, 3.8) is 0 Å². The monoisotopic (exact) mass is 238 g/mol. The Labute approximate surface area is 105 Å². The van der Waals surface area contributed by atoms with Crippen molar-refractivity contribution >= 4 is 11.3 Å². The minimum Gasteiger partial charge on any atom is -0.398 e. The molecule has 0 aliphatic heterocycles. The maximum atomic E-state index is 5.79. The van der Waals surface area contributed by atoms with Crippen LogP contribution in [0.4, 0.5) is 5.69 Å². The molecule has 0 saturated heterocycles. The summed E-state index contributed by atoms with van der Waals surface area (Å²) in [7, 11) is 0. The number of anilines is 1. The van der Waals surface area contributed by atoms with Crippen molar-refractivity contribution in [3.05, 3.63) is 59.5 Å². The summed E-state index contributed by atoms with van der Waals surface area (Å²) in [5, 5.41) is 8.34. The number of rotatable bonds is 2. The molecule has 2 N–H and O–H groups in total. The third-order valence-electron chi connectivity index (χ3n) is 2.98. The van der Waals surface area contributed by atoms with Gasteiger partial charge in [-0.25, -0.2) is 0 Å². The molecule has 0 amide bonds. The summed E-state index contributed by atoms with van der Waals surface area (Å²) in [5.74, 6) is 0.904. The van der Waals surface area contributed by atoms with Crippen LogP contribution in [0.25, 0.3) is 5.65 Å². The maximum Gasteiger partial charge on any atom is 0.160 e. The second-order valence-corrected chi connectivity index (χ2v) is 4.47. The molecule has 0 unspecified atom stereocenters. The number of aromatic nitrogens is 3. The molecule has 1 aromatic carbocycles. The van der Waals surface area contributed by atoms with Gasteiger partial charge in [0.25, 0.3) is 0 Å². The zero-order valence-corrected chi connectivity index (χ0v) is 10.2. The van der Waals surface area contributed by atoms with E-state index in [0.717, 1.165) is 17.9 Å². The van der Waals surface area contributed by atoms with Gasteiger partial charge < -0.3 is 5.73 Å². The second kappa shape index (κ2) is 4.14. The van der Waals surface area contributed by atoms with Crippen LogP contribution in [0.2, 0.25) is 0 Å². The summed E-state index contributed by atoms with van der Waals surface area (Å²) < 4.78 is 1.94. The lowest BCUT2D eigenvalue weighted by Crippen LogP contribution is -1.98. The Balaban J connectivity index is 1.99. The van der Waals surface area contributed by atoms with Crippen LogP contribution in [0.5, 0.6) is 0 Å². The third-order valence-corrected chi connectivity index (χ3v) is 2.98. The van der Waals surface area contributed by atoms with Crippen LogP contribution < -0.4 is 5.73 Å². The predicted octanol–water partition coefficient (Wildman–Crippen LogP) is 2.21. The Bertz CT molecular complexity index is 683. The van der Waals surface area contributed by atoms with Gasteiger partial charge in [-0.2, -0.15) is 0 Å². The highest BCUT2D eigenvalue weighted by Gasteiger charge is 2.06. The molecule has 3 aromatic rings. The average molecular weight is 238 g/mol. The Kier molecular flexibility index (Phi) is 2.48. The highest BCUT2D eigenvalue weighted by Crippen LogP contribution is 2.12. The van der Waals surface area contributed by atoms with Crippen LogP contribution in [0, 0.1) is 6.92 Å². The first-order chi connectivity index (χ1) is 8.72. The maximum absolute atomic E-state index is 5.79. The van der Waals surface area contributed by atoms with Gasteiger partial charge in [0.05, 0.1) is 0 Å². The number of hydrogen-bond acceptors (Lipinski definition) is 3. The van der Waals surface area contributed by atoms with Crippen LogP contribution in [-0.4, -0.2) is 14.6 Å². The van der Waals surface area contributed by atoms with E-state index in [2.05, 4.69) is 41.4 Å². The van der Waals surface area contributed by atoms with Gasteiger partial charge in [-0.1, -0.05) is 29.8 Å². The van der Waals surface area contributed by atoms with E-state index < -0.39 is 0 Å². The van der Waals surface area contributed by atoms with Gasteiger partial charge in [0.1, 0.15) is 5.82 Å². The summed E-state index contributed by atoms with van der Waals surface area (Å²) in [6.07, 6.45) is 2.61. The number of nitrogens with zero attached hydrogens (tertiary/aromatic N) is 3. The number of aryl methyl sites for hydroxylation is 1. The van der Waals surface area contributed by atoms with E-state index >= 15 is 0 Å². The Hall–Kier alpha value is -2.36. The molecule has 4 heteroatoms. The minimum atomic E-state index is 0.715. The van der Waals surface area contributed by atoms with Gasteiger partial charge in [0.2, 0.25) is 0 Å². The first-order valence-corrected chi connectivity index (χ1v) is 5.87. The van der Waals surface area contributed by atoms with Crippen LogP contribution >= 0.6 is 0 Å². The van der Waals surface area contributed by atoms with Crippen molar-refractivity contribution in [2.75, 3.05) is 5.73 Å². The van der Waals surface area contributed by atoms with E-state index in [-0.39, 0.29) is 0 Å². The Morgan fingerprint density at radius 2 is 1.83 bits per heavy atom. The van der Waals surface area contributed by atoms with E-state index in [1.165, 1.54) is 11.1 Å². The Morgan fingerprint density at radius 3 is 2.61 bits per heavy atom. The first-order valence-electron chi connectivity index (χ1n) is 5.87. The summed E-state index contributed by atoms with van der Waals surface area (Å²) in [6, 6.07) is 12.1. The molecule has 0 spiro atoms. The van der Waals surface area contributed by atoms with E-state index in [1.807, 2.05) is 22.7 Å². The van der Waals surface area contributed by atoms with Crippen LogP contribution in [0.3, 0.4) is 0 Å². The van der Waals surface area contributed by atoms with Crippen LogP contribution in [0.1, 0.15) is 17.0 Å². The van der Waals surface area contributed by atoms with E-state index in [9.17, 15) is 0 Å². The molecule has 2 aromatic heterocycles. The van der Waals surface area contributed by atoms with Gasteiger partial charge in [0.15, 0.2) is 5.65 Å². The van der Waals surface area contributed by atoms with E-state index in [4.69, 9.17) is 5.73 Å². The molecule has 2 heterocycles. The lowest BCUT2D eigenvalue weighted by molar-refractivity contribution is 0.935. The predicted molar refractivity (Wildman–Crippen MR) is 71.4 cm³/mol. The largest absolute Gasteiger partial charge is 0.398 e. The van der Waals surface area contributed by atoms with Gasteiger partial charge in [-0.15, -0.1) is 10.2 Å². The molecule has 90 valence electrons. The molecule has 0 bridgehead atoms. The number of hydrogen-bond donors (Lipinski definition) is 1. The molecule has 18 heavy (non-hydrogen) atoms. The molecule has 0 aliphatic rings. The lowest BCUT2D eigenvalue weighted by atomic mass is 10.1. The molecule has 0 fully saturated rings. The van der Waals surface area contributed by atoms with Gasteiger partial charge in [-0.05, 0) is 24.6 Å². The molecule has 4 nitrogen and oxygen atoms in total. The van der Waals surface area contributed by atoms with Crippen molar-refractivity contribution in [2.24, 2.45) is 0 Å². The molecule has 0 radical (unpaired) electrons. The fourth-order valence-electron chi connectivity index (χ4n) is 1.96. The zero-order chi connectivity index (χ0) is 12.5. The van der Waals surface area contributed by atoms with Crippen LogP contribution in [-0.2, 0) is 6.42 Å². The van der Waals surface area contributed by atoms with Gasteiger partial charge >= 0.3 is 0 Å². The standard InChI is InChI=1S/C14H14N4/c1-10-2-4-11(5-3-10)8-14-17-16-13-7-6-12(15)9-18(13)14/h2-7,9H,8,15H2,1H3. The molecule has 0 aliphatic carbocycles. The first kappa shape index (κ1) is 10.8. The van der Waals surface area contributed by atoms with Crippen molar-refractivity contribution in [2.45, 2.75) is 13.3 Å². The molecule has 0 saturated carbocycles. The molecule has 3 rings (SSSR count). The van der Waals surface area contributed by atoms with Crippen LogP contribution in [0.15, 0.2) is 42.6 Å². The highest BCUT2D eigenvalue weighted by molar-refractivity contribution is 5.47. The second-order valence-electron chi connectivity index (χ2n) is 4.47. The lowest BCUT2D eigenvalue weighted by Gasteiger charge is -2.02. The average Bonchev–Trinajstić information content (AvgIpc) is 2.75. The normalized spacial score (nSPS) is 10.9.